The first-order valence-corrected chi connectivity index (χ1v) is 13.9. The Bertz CT molecular complexity index is 1730. The van der Waals surface area contributed by atoms with Gasteiger partial charge < -0.3 is 14.4 Å². The van der Waals surface area contributed by atoms with Crippen LogP contribution in [0.3, 0.4) is 0 Å². The van der Waals surface area contributed by atoms with E-state index < -0.39 is 11.9 Å². The maximum Gasteiger partial charge on any atom is 0.338 e. The normalized spacial score (nSPS) is 12.6. The van der Waals surface area contributed by atoms with Crippen LogP contribution in [0.25, 0.3) is 11.1 Å². The minimum atomic E-state index is -0.456. The second-order valence-corrected chi connectivity index (χ2v) is 11.4. The molecule has 42 heavy (non-hydrogen) atoms. The molecule has 0 aliphatic heterocycles. The molecule has 0 unspecified atom stereocenters. The van der Waals surface area contributed by atoms with Gasteiger partial charge in [-0.15, -0.1) is 0 Å². The number of fused-ring (bicyclic) bond motifs is 3. The average molecular weight is 558 g/mol. The number of hydrogen-bond acceptors (Lipinski definition) is 5. The van der Waals surface area contributed by atoms with Gasteiger partial charge in [0, 0.05) is 33.6 Å². The Morgan fingerprint density at radius 1 is 0.762 bits per heavy atom. The minimum absolute atomic E-state index is 0.153. The monoisotopic (exact) mass is 557 g/mol. The molecule has 0 N–H and O–H groups in total. The van der Waals surface area contributed by atoms with Gasteiger partial charge in [-0.3, -0.25) is 0 Å². The summed E-state index contributed by atoms with van der Waals surface area (Å²) in [5, 5.41) is 0. The Morgan fingerprint density at radius 2 is 1.40 bits per heavy atom. The summed E-state index contributed by atoms with van der Waals surface area (Å²) >= 11 is 0. The Hall–Kier alpha value is -4.90. The van der Waals surface area contributed by atoms with E-state index in [9.17, 15) is 9.59 Å². The van der Waals surface area contributed by atoms with Crippen molar-refractivity contribution in [3.63, 3.8) is 0 Å². The van der Waals surface area contributed by atoms with Gasteiger partial charge in [0.05, 0.1) is 0 Å². The van der Waals surface area contributed by atoms with Crippen molar-refractivity contribution in [2.24, 2.45) is 0 Å². The zero-order chi connectivity index (χ0) is 30.2. The van der Waals surface area contributed by atoms with Crippen LogP contribution in [0.5, 0.6) is 5.75 Å². The van der Waals surface area contributed by atoms with Gasteiger partial charge in [0.2, 0.25) is 0 Å². The molecule has 212 valence electrons. The van der Waals surface area contributed by atoms with Crippen LogP contribution in [0, 0.1) is 6.92 Å². The van der Waals surface area contributed by atoms with Gasteiger partial charge in [-0.05, 0) is 96.6 Å². The molecule has 5 rings (SSSR count). The number of esters is 2. The highest BCUT2D eigenvalue weighted by Gasteiger charge is 2.35. The second-order valence-electron chi connectivity index (χ2n) is 11.4. The lowest BCUT2D eigenvalue weighted by atomic mass is 9.82. The predicted octanol–water partition coefficient (Wildman–Crippen LogP) is 8.87. The van der Waals surface area contributed by atoms with E-state index in [0.717, 1.165) is 28.2 Å². The van der Waals surface area contributed by atoms with E-state index in [1.807, 2.05) is 43.3 Å². The van der Waals surface area contributed by atoms with Gasteiger partial charge >= 0.3 is 11.9 Å². The lowest BCUT2D eigenvalue weighted by Gasteiger charge is -2.29. The molecule has 5 heteroatoms. The van der Waals surface area contributed by atoms with Gasteiger partial charge in [0.25, 0.3) is 0 Å². The summed E-state index contributed by atoms with van der Waals surface area (Å²) in [6, 6.07) is 28.8. The summed E-state index contributed by atoms with van der Waals surface area (Å²) in [4.78, 5) is 26.2. The number of rotatable bonds is 8. The van der Waals surface area contributed by atoms with E-state index in [-0.39, 0.29) is 12.0 Å². The maximum atomic E-state index is 12.1. The number of benzene rings is 4. The summed E-state index contributed by atoms with van der Waals surface area (Å²) in [6.45, 7) is 17.3. The summed E-state index contributed by atoms with van der Waals surface area (Å²) in [6.07, 6.45) is 0. The molecule has 0 bridgehead atoms. The number of hydrogen-bond donors (Lipinski definition) is 0. The molecule has 0 atom stereocenters. The van der Waals surface area contributed by atoms with Crippen LogP contribution in [0.1, 0.15) is 49.9 Å². The lowest BCUT2D eigenvalue weighted by molar-refractivity contribution is -0.140. The number of nitrogens with zero attached hydrogens (tertiary/aromatic N) is 1. The van der Waals surface area contributed by atoms with Crippen molar-refractivity contribution in [3.05, 3.63) is 131 Å². The van der Waals surface area contributed by atoms with Crippen molar-refractivity contribution in [1.82, 2.24) is 0 Å². The molecule has 4 aromatic rings. The lowest BCUT2D eigenvalue weighted by Crippen LogP contribution is -2.17. The summed E-state index contributed by atoms with van der Waals surface area (Å²) in [7, 11) is 0. The smallest absolute Gasteiger partial charge is 0.338 e. The molecule has 0 saturated carbocycles. The van der Waals surface area contributed by atoms with Crippen LogP contribution < -0.4 is 9.64 Å². The molecule has 0 amide bonds. The van der Waals surface area contributed by atoms with Crippen LogP contribution in [0.4, 0.5) is 17.1 Å². The molecule has 0 saturated heterocycles. The first kappa shape index (κ1) is 28.6. The summed E-state index contributed by atoms with van der Waals surface area (Å²) in [5.74, 6) is -0.405. The number of aryl methyl sites for hydroxylation is 1. The van der Waals surface area contributed by atoms with Crippen molar-refractivity contribution < 1.29 is 19.1 Å². The molecule has 5 nitrogen and oxygen atoms in total. The molecule has 0 radical (unpaired) electrons. The molecule has 4 aromatic carbocycles. The van der Waals surface area contributed by atoms with Crippen molar-refractivity contribution in [3.8, 4) is 16.9 Å². The molecular weight excluding hydrogens is 522 g/mol. The van der Waals surface area contributed by atoms with E-state index in [0.29, 0.717) is 16.9 Å². The highest BCUT2D eigenvalue weighted by atomic mass is 16.5. The van der Waals surface area contributed by atoms with Crippen LogP contribution in [-0.4, -0.2) is 11.9 Å². The quantitative estimate of drug-likeness (QED) is 0.123. The Balaban J connectivity index is 1.57. The molecule has 0 heterocycles. The number of carbonyl (C=O) groups is 2. The number of carbonyl (C=O) groups excluding carboxylic acids is 2. The predicted molar refractivity (Wildman–Crippen MR) is 168 cm³/mol. The minimum Gasteiger partial charge on any atom is -0.457 e. The number of anilines is 3. The highest BCUT2D eigenvalue weighted by Crippen LogP contribution is 2.50. The van der Waals surface area contributed by atoms with E-state index in [1.165, 1.54) is 22.3 Å². The zero-order valence-electron chi connectivity index (χ0n) is 24.8. The van der Waals surface area contributed by atoms with Crippen LogP contribution in [0.2, 0.25) is 0 Å². The first-order chi connectivity index (χ1) is 20.0. The fourth-order valence-electron chi connectivity index (χ4n) is 5.41. The maximum absolute atomic E-state index is 12.1. The van der Waals surface area contributed by atoms with E-state index >= 15 is 0 Å². The average Bonchev–Trinajstić information content (AvgIpc) is 3.19. The second kappa shape index (κ2) is 11.2. The van der Waals surface area contributed by atoms with Crippen molar-refractivity contribution in [2.75, 3.05) is 4.90 Å². The molecule has 1 aliphatic carbocycles. The van der Waals surface area contributed by atoms with Crippen molar-refractivity contribution in [2.45, 2.75) is 46.6 Å². The van der Waals surface area contributed by atoms with Gasteiger partial charge in [0.15, 0.2) is 0 Å². The van der Waals surface area contributed by atoms with Gasteiger partial charge in [-0.2, -0.15) is 0 Å². The Labute approximate surface area is 247 Å². The topological polar surface area (TPSA) is 55.8 Å². The fourth-order valence-corrected chi connectivity index (χ4v) is 5.41. The van der Waals surface area contributed by atoms with E-state index in [1.54, 1.807) is 19.9 Å². The van der Waals surface area contributed by atoms with Gasteiger partial charge in [-0.1, -0.05) is 69.5 Å². The largest absolute Gasteiger partial charge is 0.457 e. The van der Waals surface area contributed by atoms with Crippen molar-refractivity contribution in [1.29, 1.82) is 0 Å². The molecule has 0 aromatic heterocycles. The third kappa shape index (κ3) is 5.38. The molecular formula is C37H35NO4. The van der Waals surface area contributed by atoms with E-state index in [4.69, 9.17) is 9.47 Å². The first-order valence-electron chi connectivity index (χ1n) is 13.9. The van der Waals surface area contributed by atoms with Crippen molar-refractivity contribution >= 4 is 29.0 Å². The molecule has 0 spiro atoms. The Morgan fingerprint density at radius 3 is 2.07 bits per heavy atom. The Kier molecular flexibility index (Phi) is 7.61. The highest BCUT2D eigenvalue weighted by molar-refractivity contribution is 5.89. The molecule has 1 aliphatic rings. The van der Waals surface area contributed by atoms with E-state index in [2.05, 4.69) is 74.4 Å². The standard InChI is InChI=1S/C37H35NO4/c1-23(2)35(39)41-22-26-12-14-27(15-13-26)38(34-19-17-29(20-25(34)5)42-36(40)24(3)4)28-16-18-31-30-10-8-9-11-32(30)37(6,7)33(31)21-28/h8-21H,1,3,22H2,2,4-7H3. The number of ether oxygens (including phenoxy) is 2. The van der Waals surface area contributed by atoms with Gasteiger partial charge in [-0.25, -0.2) is 9.59 Å². The fraction of sp³-hybridized carbons (Fsp3) is 0.189. The SMILES string of the molecule is C=C(C)C(=O)OCc1ccc(N(c2ccc3c(c2)C(C)(C)c2ccccc2-3)c2ccc(OC(=O)C(=C)C)cc2C)cc1. The zero-order valence-corrected chi connectivity index (χ0v) is 24.8. The third-order valence-corrected chi connectivity index (χ3v) is 7.71. The molecule has 0 fully saturated rings. The third-order valence-electron chi connectivity index (χ3n) is 7.71. The van der Waals surface area contributed by atoms with Crippen LogP contribution in [-0.2, 0) is 26.3 Å². The summed E-state index contributed by atoms with van der Waals surface area (Å²) in [5.41, 5.74) is 10.3. The van der Waals surface area contributed by atoms with Crippen LogP contribution in [0.15, 0.2) is 109 Å². The summed E-state index contributed by atoms with van der Waals surface area (Å²) < 4.78 is 10.8. The van der Waals surface area contributed by atoms with Crippen LogP contribution >= 0.6 is 0 Å². The van der Waals surface area contributed by atoms with Gasteiger partial charge in [0.1, 0.15) is 12.4 Å².